The monoisotopic (exact) mass is 255 g/mol. The van der Waals surface area contributed by atoms with Crippen LogP contribution in [0.3, 0.4) is 0 Å². The zero-order valence-electron chi connectivity index (χ0n) is 11.7. The van der Waals surface area contributed by atoms with Crippen molar-refractivity contribution in [1.82, 2.24) is 4.90 Å². The van der Waals surface area contributed by atoms with Gasteiger partial charge in [0.2, 0.25) is 0 Å². The van der Waals surface area contributed by atoms with Crippen LogP contribution in [0.1, 0.15) is 33.6 Å². The van der Waals surface area contributed by atoms with Crippen LogP contribution in [0.2, 0.25) is 0 Å². The van der Waals surface area contributed by atoms with Crippen molar-refractivity contribution in [3.63, 3.8) is 0 Å². The van der Waals surface area contributed by atoms with Gasteiger partial charge in [-0.25, -0.2) is 0 Å². The molecule has 4 heteroatoms. The molecule has 4 nitrogen and oxygen atoms in total. The number of esters is 1. The van der Waals surface area contributed by atoms with E-state index < -0.39 is 11.5 Å². The summed E-state index contributed by atoms with van der Waals surface area (Å²) in [6.45, 7) is 8.93. The summed E-state index contributed by atoms with van der Waals surface area (Å²) >= 11 is 0. The number of aliphatic hydroxyl groups is 1. The number of carbonyl (C=O) groups is 1. The number of nitrogens with zero attached hydrogens (tertiary/aromatic N) is 1. The van der Waals surface area contributed by atoms with E-state index in [4.69, 9.17) is 4.74 Å². The van der Waals surface area contributed by atoms with Crippen molar-refractivity contribution in [3.8, 4) is 0 Å². The Kier molecular flexibility index (Phi) is 3.97. The summed E-state index contributed by atoms with van der Waals surface area (Å²) in [6, 6.07) is 0. The zero-order chi connectivity index (χ0) is 13.3. The Labute approximate surface area is 109 Å². The van der Waals surface area contributed by atoms with E-state index in [2.05, 4.69) is 4.90 Å². The topological polar surface area (TPSA) is 49.8 Å². The molecule has 3 rings (SSSR count). The number of carbonyl (C=O) groups excluding carboxylic acids is 1. The lowest BCUT2D eigenvalue weighted by Crippen LogP contribution is -2.64. The second-order valence-electron chi connectivity index (χ2n) is 6.02. The van der Waals surface area contributed by atoms with Gasteiger partial charge >= 0.3 is 5.97 Å². The summed E-state index contributed by atoms with van der Waals surface area (Å²) in [5.74, 6) is -0.275. The van der Waals surface area contributed by atoms with Gasteiger partial charge in [-0.05, 0) is 44.7 Å². The first-order chi connectivity index (χ1) is 8.49. The smallest absolute Gasteiger partial charge is 0.312 e. The molecule has 3 fully saturated rings. The second-order valence-corrected chi connectivity index (χ2v) is 6.02. The van der Waals surface area contributed by atoms with Gasteiger partial charge in [0.1, 0.15) is 0 Å². The fourth-order valence-electron chi connectivity index (χ4n) is 3.72. The summed E-state index contributed by atoms with van der Waals surface area (Å²) in [6.07, 6.45) is 2.00. The van der Waals surface area contributed by atoms with E-state index in [-0.39, 0.29) is 17.8 Å². The Morgan fingerprint density at radius 3 is 2.44 bits per heavy atom. The highest BCUT2D eigenvalue weighted by Crippen LogP contribution is 2.43. The van der Waals surface area contributed by atoms with Crippen LogP contribution in [0.25, 0.3) is 0 Å². The van der Waals surface area contributed by atoms with E-state index in [1.807, 2.05) is 20.8 Å². The number of fused-ring (bicyclic) bond motifs is 3. The van der Waals surface area contributed by atoms with E-state index in [0.717, 1.165) is 25.9 Å². The molecule has 104 valence electrons. The molecule has 0 aromatic carbocycles. The molecule has 1 N–H and O–H groups in total. The van der Waals surface area contributed by atoms with Crippen LogP contribution in [0.5, 0.6) is 0 Å². The van der Waals surface area contributed by atoms with Crippen molar-refractivity contribution in [2.24, 2.45) is 17.8 Å². The summed E-state index contributed by atoms with van der Waals surface area (Å²) in [4.78, 5) is 14.4. The molecule has 0 saturated carbocycles. The first-order valence-electron chi connectivity index (χ1n) is 7.10. The normalized spacial score (nSPS) is 36.7. The van der Waals surface area contributed by atoms with Crippen molar-refractivity contribution in [2.45, 2.75) is 39.2 Å². The van der Waals surface area contributed by atoms with Gasteiger partial charge in [-0.2, -0.15) is 0 Å². The molecule has 0 aromatic rings. The summed E-state index contributed by atoms with van der Waals surface area (Å²) in [5.41, 5.74) is -0.892. The minimum atomic E-state index is -0.892. The molecule has 0 aliphatic carbocycles. The van der Waals surface area contributed by atoms with E-state index in [1.54, 1.807) is 0 Å². The zero-order valence-corrected chi connectivity index (χ0v) is 11.7. The molecular formula is C14H25NO3. The van der Waals surface area contributed by atoms with Crippen LogP contribution in [0, 0.1) is 17.8 Å². The fourth-order valence-corrected chi connectivity index (χ4v) is 3.72. The predicted molar refractivity (Wildman–Crippen MR) is 69.1 cm³/mol. The second kappa shape index (κ2) is 5.17. The lowest BCUT2D eigenvalue weighted by molar-refractivity contribution is -0.186. The number of piperidine rings is 3. The third kappa shape index (κ3) is 2.28. The number of rotatable bonds is 4. The first-order valence-corrected chi connectivity index (χ1v) is 7.10. The highest BCUT2D eigenvalue weighted by atomic mass is 16.5. The molecule has 3 aliphatic rings. The molecule has 0 amide bonds. The predicted octanol–water partition coefficient (Wildman–Crippen LogP) is 1.28. The van der Waals surface area contributed by atoms with Crippen molar-refractivity contribution in [2.75, 3.05) is 26.2 Å². The maximum Gasteiger partial charge on any atom is 0.312 e. The van der Waals surface area contributed by atoms with Gasteiger partial charge in [0.05, 0.1) is 18.1 Å². The van der Waals surface area contributed by atoms with E-state index >= 15 is 0 Å². The third-order valence-electron chi connectivity index (χ3n) is 4.52. The van der Waals surface area contributed by atoms with Crippen molar-refractivity contribution in [3.05, 3.63) is 0 Å². The van der Waals surface area contributed by atoms with Gasteiger partial charge in [-0.1, -0.05) is 13.8 Å². The third-order valence-corrected chi connectivity index (χ3v) is 4.52. The van der Waals surface area contributed by atoms with Crippen LogP contribution in [-0.2, 0) is 9.53 Å². The SMILES string of the molecule is CCOC(=O)C(C(C)C)C1(O)CN2CCC1CC2. The molecule has 3 saturated heterocycles. The minimum Gasteiger partial charge on any atom is -0.466 e. The van der Waals surface area contributed by atoms with Crippen LogP contribution in [-0.4, -0.2) is 47.8 Å². The highest BCUT2D eigenvalue weighted by Gasteiger charge is 2.54. The van der Waals surface area contributed by atoms with Gasteiger partial charge in [-0.15, -0.1) is 0 Å². The average molecular weight is 255 g/mol. The highest BCUT2D eigenvalue weighted by molar-refractivity contribution is 5.74. The van der Waals surface area contributed by atoms with Crippen molar-refractivity contribution < 1.29 is 14.6 Å². The van der Waals surface area contributed by atoms with Gasteiger partial charge in [-0.3, -0.25) is 4.79 Å². The molecule has 0 radical (unpaired) electrons. The van der Waals surface area contributed by atoms with Crippen LogP contribution >= 0.6 is 0 Å². The molecule has 3 heterocycles. The average Bonchev–Trinajstić information content (AvgIpc) is 2.29. The lowest BCUT2D eigenvalue weighted by Gasteiger charge is -2.53. The molecule has 3 aliphatic heterocycles. The van der Waals surface area contributed by atoms with E-state index in [0.29, 0.717) is 13.2 Å². The fraction of sp³-hybridized carbons (Fsp3) is 0.929. The number of hydrogen-bond acceptors (Lipinski definition) is 4. The Morgan fingerprint density at radius 2 is 2.06 bits per heavy atom. The number of hydrogen-bond donors (Lipinski definition) is 1. The molecule has 2 unspecified atom stereocenters. The molecule has 0 spiro atoms. The van der Waals surface area contributed by atoms with E-state index in [9.17, 15) is 9.90 Å². The number of ether oxygens (including phenoxy) is 1. The standard InChI is InChI=1S/C14H25NO3/c1-4-18-13(16)12(10(2)3)14(17)9-15-7-5-11(14)6-8-15/h10-12,17H,4-9H2,1-3H3. The summed E-state index contributed by atoms with van der Waals surface area (Å²) < 4.78 is 5.17. The van der Waals surface area contributed by atoms with Crippen LogP contribution < -0.4 is 0 Å². The van der Waals surface area contributed by atoms with Gasteiger partial charge in [0, 0.05) is 6.54 Å². The lowest BCUT2D eigenvalue weighted by atomic mass is 9.65. The molecule has 2 atom stereocenters. The molecule has 0 aromatic heterocycles. The van der Waals surface area contributed by atoms with Crippen molar-refractivity contribution in [1.29, 1.82) is 0 Å². The quantitative estimate of drug-likeness (QED) is 0.769. The molecule has 18 heavy (non-hydrogen) atoms. The maximum atomic E-state index is 12.2. The van der Waals surface area contributed by atoms with Gasteiger partial charge in [0.15, 0.2) is 0 Å². The molecule has 2 bridgehead atoms. The van der Waals surface area contributed by atoms with Crippen molar-refractivity contribution >= 4 is 5.97 Å². The maximum absolute atomic E-state index is 12.2. The Balaban J connectivity index is 2.21. The van der Waals surface area contributed by atoms with E-state index in [1.165, 1.54) is 0 Å². The van der Waals surface area contributed by atoms with Gasteiger partial charge < -0.3 is 14.7 Å². The Morgan fingerprint density at radius 1 is 1.44 bits per heavy atom. The Hall–Kier alpha value is -0.610. The van der Waals surface area contributed by atoms with Crippen LogP contribution in [0.15, 0.2) is 0 Å². The summed E-state index contributed by atoms with van der Waals surface area (Å²) in [5, 5.41) is 11.0. The van der Waals surface area contributed by atoms with Gasteiger partial charge in [0.25, 0.3) is 0 Å². The minimum absolute atomic E-state index is 0.106. The molecular weight excluding hydrogens is 230 g/mol. The largest absolute Gasteiger partial charge is 0.466 e. The Bertz CT molecular complexity index is 310. The first kappa shape index (κ1) is 13.8. The van der Waals surface area contributed by atoms with Crippen LogP contribution in [0.4, 0.5) is 0 Å². The summed E-state index contributed by atoms with van der Waals surface area (Å²) in [7, 11) is 0.